The molecular weight excluding hydrogens is 322 g/mol. The topological polar surface area (TPSA) is 116 Å². The molecule has 1 amide bonds. The van der Waals surface area contributed by atoms with Crippen LogP contribution in [0.15, 0.2) is 48.9 Å². The second-order valence-corrected chi connectivity index (χ2v) is 5.26. The zero-order chi connectivity index (χ0) is 17.8. The molecule has 0 bridgehead atoms. The number of ether oxygens (including phenoxy) is 1. The number of methoxy groups -OCH3 is 1. The minimum Gasteiger partial charge on any atom is -0.496 e. The Balaban J connectivity index is 2.18. The van der Waals surface area contributed by atoms with Crippen molar-refractivity contribution < 1.29 is 14.6 Å². The van der Waals surface area contributed by atoms with Crippen molar-refractivity contribution in [3.8, 4) is 11.7 Å². The monoisotopic (exact) mass is 339 g/mol. The minimum absolute atomic E-state index is 0.140. The number of carbonyl (C=O) groups is 1. The van der Waals surface area contributed by atoms with Gasteiger partial charge in [0.05, 0.1) is 30.9 Å². The molecule has 0 fully saturated rings. The van der Waals surface area contributed by atoms with Gasteiger partial charge >= 0.3 is 0 Å². The van der Waals surface area contributed by atoms with Crippen molar-refractivity contribution in [2.24, 2.45) is 5.73 Å². The van der Waals surface area contributed by atoms with Crippen LogP contribution in [0.1, 0.15) is 27.5 Å². The standard InChI is InChI=1S/C17H17N5O3/c1-25-14-6-3-2-5-11(14)13(10-23)15-12(16(18)24)9-19-17(21-15)22-8-4-7-20-22/h2-9,13,23H,10H2,1H3,(H2,18,24)/t13-/m0/s1. The molecule has 3 rings (SSSR count). The lowest BCUT2D eigenvalue weighted by Crippen LogP contribution is -2.21. The fourth-order valence-corrected chi connectivity index (χ4v) is 2.62. The van der Waals surface area contributed by atoms with E-state index < -0.39 is 11.8 Å². The number of primary amides is 1. The fourth-order valence-electron chi connectivity index (χ4n) is 2.62. The number of para-hydroxylation sites is 1. The third-order valence-electron chi connectivity index (χ3n) is 3.81. The second-order valence-electron chi connectivity index (χ2n) is 5.26. The van der Waals surface area contributed by atoms with Gasteiger partial charge in [0.1, 0.15) is 5.75 Å². The summed E-state index contributed by atoms with van der Waals surface area (Å²) in [4.78, 5) is 20.4. The number of amides is 1. The van der Waals surface area contributed by atoms with Crippen LogP contribution in [0.2, 0.25) is 0 Å². The number of carbonyl (C=O) groups excluding carboxylic acids is 1. The van der Waals surface area contributed by atoms with Crippen molar-refractivity contribution in [3.63, 3.8) is 0 Å². The summed E-state index contributed by atoms with van der Waals surface area (Å²) in [5, 5.41) is 14.1. The summed E-state index contributed by atoms with van der Waals surface area (Å²) in [5.74, 6) is -0.416. The van der Waals surface area contributed by atoms with Gasteiger partial charge in [-0.1, -0.05) is 18.2 Å². The summed E-state index contributed by atoms with van der Waals surface area (Å²) in [6, 6.07) is 8.95. The molecule has 1 atom stereocenters. The van der Waals surface area contributed by atoms with Crippen molar-refractivity contribution in [3.05, 3.63) is 65.7 Å². The van der Waals surface area contributed by atoms with E-state index in [4.69, 9.17) is 10.5 Å². The number of rotatable bonds is 6. The van der Waals surface area contributed by atoms with Crippen LogP contribution in [0, 0.1) is 0 Å². The van der Waals surface area contributed by atoms with E-state index >= 15 is 0 Å². The van der Waals surface area contributed by atoms with E-state index in [1.165, 1.54) is 18.0 Å². The quantitative estimate of drug-likeness (QED) is 0.689. The lowest BCUT2D eigenvalue weighted by atomic mass is 9.92. The Morgan fingerprint density at radius 1 is 1.36 bits per heavy atom. The molecule has 25 heavy (non-hydrogen) atoms. The number of hydrogen-bond donors (Lipinski definition) is 2. The maximum Gasteiger partial charge on any atom is 0.252 e. The molecular formula is C17H17N5O3. The molecule has 0 aliphatic carbocycles. The normalized spacial score (nSPS) is 11.9. The fraction of sp³-hybridized carbons (Fsp3) is 0.176. The van der Waals surface area contributed by atoms with Crippen molar-refractivity contribution in [2.45, 2.75) is 5.92 Å². The lowest BCUT2D eigenvalue weighted by Gasteiger charge is -2.19. The van der Waals surface area contributed by atoms with Crippen LogP contribution in [0.25, 0.3) is 5.95 Å². The number of aromatic nitrogens is 4. The van der Waals surface area contributed by atoms with Crippen LogP contribution in [0.5, 0.6) is 5.75 Å². The van der Waals surface area contributed by atoms with Crippen LogP contribution in [-0.4, -0.2) is 44.5 Å². The third kappa shape index (κ3) is 3.20. The zero-order valence-electron chi connectivity index (χ0n) is 13.5. The van der Waals surface area contributed by atoms with Crippen LogP contribution in [-0.2, 0) is 0 Å². The second kappa shape index (κ2) is 7.10. The zero-order valence-corrected chi connectivity index (χ0v) is 13.5. The highest BCUT2D eigenvalue weighted by atomic mass is 16.5. The van der Waals surface area contributed by atoms with Crippen molar-refractivity contribution in [1.82, 2.24) is 19.7 Å². The van der Waals surface area contributed by atoms with Gasteiger partial charge in [-0.15, -0.1) is 0 Å². The number of aliphatic hydroxyl groups excluding tert-OH is 1. The molecule has 0 aliphatic rings. The maximum atomic E-state index is 11.8. The number of nitrogens with zero attached hydrogens (tertiary/aromatic N) is 4. The highest BCUT2D eigenvalue weighted by molar-refractivity contribution is 5.94. The van der Waals surface area contributed by atoms with Crippen molar-refractivity contribution in [1.29, 1.82) is 0 Å². The highest BCUT2D eigenvalue weighted by Crippen LogP contribution is 2.32. The molecule has 0 unspecified atom stereocenters. The van der Waals surface area contributed by atoms with Gasteiger partial charge in [-0.2, -0.15) is 5.10 Å². The minimum atomic E-state index is -0.671. The smallest absolute Gasteiger partial charge is 0.252 e. The predicted octanol–water partition coefficient (Wildman–Crippen LogP) is 0.894. The van der Waals surface area contributed by atoms with Gasteiger partial charge in [0.15, 0.2) is 0 Å². The molecule has 3 aromatic rings. The first-order chi connectivity index (χ1) is 12.2. The number of benzene rings is 1. The van der Waals surface area contributed by atoms with Crippen molar-refractivity contribution >= 4 is 5.91 Å². The molecule has 3 N–H and O–H groups in total. The van der Waals surface area contributed by atoms with E-state index in [9.17, 15) is 9.90 Å². The average molecular weight is 339 g/mol. The van der Waals surface area contributed by atoms with Gasteiger partial charge < -0.3 is 15.6 Å². The first-order valence-corrected chi connectivity index (χ1v) is 7.56. The third-order valence-corrected chi connectivity index (χ3v) is 3.81. The molecule has 128 valence electrons. The van der Waals surface area contributed by atoms with E-state index in [0.717, 1.165) is 0 Å². The van der Waals surface area contributed by atoms with Gasteiger partial charge in [0.2, 0.25) is 0 Å². The molecule has 8 nitrogen and oxygen atoms in total. The van der Waals surface area contributed by atoms with Gasteiger partial charge in [-0.05, 0) is 12.1 Å². The molecule has 2 aromatic heterocycles. The molecule has 0 radical (unpaired) electrons. The highest BCUT2D eigenvalue weighted by Gasteiger charge is 2.25. The summed E-state index contributed by atoms with van der Waals surface area (Å²) in [7, 11) is 1.54. The Morgan fingerprint density at radius 2 is 2.16 bits per heavy atom. The van der Waals surface area contributed by atoms with Crippen molar-refractivity contribution in [2.75, 3.05) is 13.7 Å². The molecule has 1 aromatic carbocycles. The lowest BCUT2D eigenvalue weighted by molar-refractivity contribution is 0.0998. The average Bonchev–Trinajstić information content (AvgIpc) is 3.17. The van der Waals surface area contributed by atoms with Crippen LogP contribution in [0.4, 0.5) is 0 Å². The molecule has 0 saturated heterocycles. The Hall–Kier alpha value is -3.26. The molecule has 0 spiro atoms. The Morgan fingerprint density at radius 3 is 2.80 bits per heavy atom. The van der Waals surface area contributed by atoms with Gasteiger partial charge in [-0.3, -0.25) is 4.79 Å². The SMILES string of the molecule is COc1ccccc1[C@H](CO)c1nc(-n2cccn2)ncc1C(N)=O. The Labute approximate surface area is 143 Å². The first-order valence-electron chi connectivity index (χ1n) is 7.56. The van der Waals surface area contributed by atoms with Crippen LogP contribution in [0.3, 0.4) is 0 Å². The summed E-state index contributed by atoms with van der Waals surface area (Å²) < 4.78 is 6.83. The Kier molecular flexibility index (Phi) is 4.71. The molecule has 8 heteroatoms. The Bertz CT molecular complexity index is 880. The van der Waals surface area contributed by atoms with Crippen LogP contribution >= 0.6 is 0 Å². The van der Waals surface area contributed by atoms with Gasteiger partial charge in [0.25, 0.3) is 11.9 Å². The van der Waals surface area contributed by atoms with E-state index in [2.05, 4.69) is 15.1 Å². The molecule has 0 saturated carbocycles. The van der Waals surface area contributed by atoms with Crippen LogP contribution < -0.4 is 10.5 Å². The maximum absolute atomic E-state index is 11.8. The summed E-state index contributed by atoms with van der Waals surface area (Å²) in [6.45, 7) is -0.282. The predicted molar refractivity (Wildman–Crippen MR) is 89.6 cm³/mol. The van der Waals surface area contributed by atoms with Gasteiger partial charge in [-0.25, -0.2) is 14.6 Å². The van der Waals surface area contributed by atoms with E-state index in [0.29, 0.717) is 17.0 Å². The number of aliphatic hydroxyl groups is 1. The largest absolute Gasteiger partial charge is 0.496 e. The summed E-state index contributed by atoms with van der Waals surface area (Å²) >= 11 is 0. The summed E-state index contributed by atoms with van der Waals surface area (Å²) in [6.07, 6.45) is 4.62. The number of hydrogen-bond acceptors (Lipinski definition) is 6. The van der Waals surface area contributed by atoms with E-state index in [1.54, 1.807) is 30.6 Å². The molecule has 2 heterocycles. The van der Waals surface area contributed by atoms with E-state index in [1.807, 2.05) is 12.1 Å². The first kappa shape index (κ1) is 16.6. The number of nitrogens with two attached hydrogens (primary N) is 1. The van der Waals surface area contributed by atoms with E-state index in [-0.39, 0.29) is 18.1 Å². The molecule has 0 aliphatic heterocycles. The van der Waals surface area contributed by atoms with Gasteiger partial charge in [0, 0.05) is 24.2 Å². The summed E-state index contributed by atoms with van der Waals surface area (Å²) in [5.41, 5.74) is 6.62.